The molecule has 9 heteroatoms. The Morgan fingerprint density at radius 1 is 1.18 bits per heavy atom. The number of carbonyl (C=O) groups is 2. The number of para-hydroxylation sites is 1. The largest absolute Gasteiger partial charge is 0.464 e. The van der Waals surface area contributed by atoms with Crippen LogP contribution in [0.4, 0.5) is 0 Å². The van der Waals surface area contributed by atoms with Gasteiger partial charge in [-0.1, -0.05) is 56.2 Å². The zero-order valence-corrected chi connectivity index (χ0v) is 20.0. The Morgan fingerprint density at radius 3 is 2.74 bits per heavy atom. The molecule has 34 heavy (non-hydrogen) atoms. The Balaban J connectivity index is 1.47. The van der Waals surface area contributed by atoms with Crippen LogP contribution in [0.1, 0.15) is 55.3 Å². The Kier molecular flexibility index (Phi) is 7.52. The third-order valence-corrected chi connectivity index (χ3v) is 6.71. The first-order chi connectivity index (χ1) is 16.5. The number of methoxy groups -OCH3 is 1. The van der Waals surface area contributed by atoms with Crippen molar-refractivity contribution in [3.05, 3.63) is 54.0 Å². The van der Waals surface area contributed by atoms with E-state index in [9.17, 15) is 9.59 Å². The van der Waals surface area contributed by atoms with Gasteiger partial charge in [-0.2, -0.15) is 0 Å². The van der Waals surface area contributed by atoms with Gasteiger partial charge in [0.1, 0.15) is 0 Å². The molecule has 2 atom stereocenters. The summed E-state index contributed by atoms with van der Waals surface area (Å²) in [6.45, 7) is 6.26. The summed E-state index contributed by atoms with van der Waals surface area (Å²) < 4.78 is 6.42. The van der Waals surface area contributed by atoms with E-state index in [0.717, 1.165) is 36.0 Å². The van der Waals surface area contributed by atoms with Crippen LogP contribution in [-0.4, -0.2) is 63.0 Å². The number of aromatic nitrogens is 4. The van der Waals surface area contributed by atoms with E-state index >= 15 is 0 Å². The lowest BCUT2D eigenvalue weighted by molar-refractivity contribution is -0.125. The van der Waals surface area contributed by atoms with E-state index in [4.69, 9.17) is 4.74 Å². The Morgan fingerprint density at radius 2 is 1.97 bits per heavy atom. The first-order valence-corrected chi connectivity index (χ1v) is 11.9. The van der Waals surface area contributed by atoms with Crippen molar-refractivity contribution in [2.75, 3.05) is 20.2 Å². The lowest BCUT2D eigenvalue weighted by Crippen LogP contribution is -2.44. The molecule has 0 bridgehead atoms. The average Bonchev–Trinajstić information content (AvgIpc) is 3.53. The molecule has 180 valence electrons. The second-order valence-corrected chi connectivity index (χ2v) is 8.83. The predicted octanol–water partition coefficient (Wildman–Crippen LogP) is 2.98. The monoisotopic (exact) mass is 464 g/mol. The maximum Gasteiger partial charge on any atom is 0.360 e. The maximum atomic E-state index is 13.3. The Bertz CT molecular complexity index is 1140. The van der Waals surface area contributed by atoms with Gasteiger partial charge in [-0.05, 0) is 24.5 Å². The van der Waals surface area contributed by atoms with Crippen LogP contribution in [0.15, 0.2) is 42.6 Å². The quantitative estimate of drug-likeness (QED) is 0.486. The molecule has 0 spiro atoms. The Labute approximate surface area is 199 Å². The van der Waals surface area contributed by atoms with E-state index in [1.807, 2.05) is 36.4 Å². The summed E-state index contributed by atoms with van der Waals surface area (Å²) in [6.07, 6.45) is 4.32. The highest BCUT2D eigenvalue weighted by atomic mass is 16.5. The predicted molar refractivity (Wildman–Crippen MR) is 128 cm³/mol. The van der Waals surface area contributed by atoms with Gasteiger partial charge < -0.3 is 10.1 Å². The van der Waals surface area contributed by atoms with Crippen molar-refractivity contribution >= 4 is 22.8 Å². The molecular weight excluding hydrogens is 432 g/mol. The fourth-order valence-electron chi connectivity index (χ4n) is 4.58. The van der Waals surface area contributed by atoms with Crippen molar-refractivity contribution in [1.82, 2.24) is 30.2 Å². The number of rotatable bonds is 9. The Hall–Kier alpha value is -3.33. The van der Waals surface area contributed by atoms with Gasteiger partial charge in [0.15, 0.2) is 5.69 Å². The molecule has 0 unspecified atom stereocenters. The number of hydrogen-bond acceptors (Lipinski definition) is 7. The second kappa shape index (κ2) is 10.7. The normalized spacial score (nSPS) is 18.5. The zero-order valence-electron chi connectivity index (χ0n) is 20.0. The minimum Gasteiger partial charge on any atom is -0.464 e. The number of carbonyl (C=O) groups excluding carboxylic acids is 2. The topological polar surface area (TPSA) is 102 Å². The van der Waals surface area contributed by atoms with E-state index < -0.39 is 5.97 Å². The molecule has 1 amide bonds. The van der Waals surface area contributed by atoms with Gasteiger partial charge in [0.25, 0.3) is 0 Å². The SMILES string of the molecule is CCC(CC)CN1C[C@H](n2cc(C(=O)OC)nn2)C[C@H]1C(=O)NCc1ccc2ccccc2n1. The molecule has 1 aliphatic heterocycles. The number of ether oxygens (including phenoxy) is 1. The molecule has 1 saturated heterocycles. The molecule has 1 aromatic carbocycles. The molecule has 4 rings (SSSR count). The fraction of sp³-hybridized carbons (Fsp3) is 0.480. The van der Waals surface area contributed by atoms with Crippen molar-refractivity contribution in [2.24, 2.45) is 5.92 Å². The van der Waals surface area contributed by atoms with Crippen molar-refractivity contribution in [1.29, 1.82) is 0 Å². The van der Waals surface area contributed by atoms with E-state index in [2.05, 4.69) is 39.4 Å². The van der Waals surface area contributed by atoms with E-state index in [1.165, 1.54) is 7.11 Å². The van der Waals surface area contributed by atoms with Crippen LogP contribution in [-0.2, 0) is 16.1 Å². The van der Waals surface area contributed by atoms with Crippen molar-refractivity contribution < 1.29 is 14.3 Å². The van der Waals surface area contributed by atoms with Gasteiger partial charge in [0, 0.05) is 18.5 Å². The number of amides is 1. The average molecular weight is 465 g/mol. The summed E-state index contributed by atoms with van der Waals surface area (Å²) in [6, 6.07) is 11.6. The first kappa shape index (κ1) is 23.8. The number of nitrogens with zero attached hydrogens (tertiary/aromatic N) is 5. The lowest BCUT2D eigenvalue weighted by atomic mass is 10.0. The van der Waals surface area contributed by atoms with Crippen LogP contribution in [0.2, 0.25) is 0 Å². The summed E-state index contributed by atoms with van der Waals surface area (Å²) in [5.41, 5.74) is 1.91. The molecule has 2 aromatic heterocycles. The summed E-state index contributed by atoms with van der Waals surface area (Å²) in [5.74, 6) is -0.0235. The van der Waals surface area contributed by atoms with Gasteiger partial charge in [0.05, 0.1) is 43.1 Å². The summed E-state index contributed by atoms with van der Waals surface area (Å²) >= 11 is 0. The molecule has 1 aliphatic rings. The molecule has 0 saturated carbocycles. The maximum absolute atomic E-state index is 13.3. The number of benzene rings is 1. The van der Waals surface area contributed by atoms with Gasteiger partial charge in [-0.15, -0.1) is 5.10 Å². The molecule has 1 fully saturated rings. The number of hydrogen-bond donors (Lipinski definition) is 1. The highest BCUT2D eigenvalue weighted by molar-refractivity contribution is 5.86. The highest BCUT2D eigenvalue weighted by Gasteiger charge is 2.38. The van der Waals surface area contributed by atoms with Gasteiger partial charge in [-0.3, -0.25) is 14.7 Å². The number of pyridine rings is 1. The van der Waals surface area contributed by atoms with Gasteiger partial charge >= 0.3 is 5.97 Å². The van der Waals surface area contributed by atoms with Gasteiger partial charge in [0.2, 0.25) is 5.91 Å². The zero-order chi connectivity index (χ0) is 24.1. The van der Waals surface area contributed by atoms with Crippen molar-refractivity contribution in [3.63, 3.8) is 0 Å². The van der Waals surface area contributed by atoms with Crippen molar-refractivity contribution in [2.45, 2.75) is 51.7 Å². The van der Waals surface area contributed by atoms with E-state index in [1.54, 1.807) is 10.9 Å². The minimum absolute atomic E-state index is 0.0169. The molecule has 1 N–H and O–H groups in total. The molecule has 3 aromatic rings. The standard InChI is InChI=1S/C25H32N6O3/c1-4-17(5-2)14-30-15-20(31-16-22(28-29-31)25(33)34-3)12-23(30)24(32)26-13-19-11-10-18-8-6-7-9-21(18)27-19/h6-11,16-17,20,23H,4-5,12-15H2,1-3H3,(H,26,32)/t20-,23+/m1/s1. The van der Waals surface area contributed by atoms with E-state index in [0.29, 0.717) is 25.4 Å². The summed E-state index contributed by atoms with van der Waals surface area (Å²) in [4.78, 5) is 32.0. The third-order valence-electron chi connectivity index (χ3n) is 6.71. The van der Waals surface area contributed by atoms with Crippen LogP contribution in [0.3, 0.4) is 0 Å². The van der Waals surface area contributed by atoms with Crippen molar-refractivity contribution in [3.8, 4) is 0 Å². The third kappa shape index (κ3) is 5.25. The first-order valence-electron chi connectivity index (χ1n) is 11.9. The van der Waals surface area contributed by atoms with Crippen LogP contribution in [0.25, 0.3) is 10.9 Å². The summed E-state index contributed by atoms with van der Waals surface area (Å²) in [5, 5.41) is 12.2. The van der Waals surface area contributed by atoms with Crippen LogP contribution in [0, 0.1) is 5.92 Å². The van der Waals surface area contributed by atoms with Crippen LogP contribution in [0.5, 0.6) is 0 Å². The number of fused-ring (bicyclic) bond motifs is 1. The fourth-order valence-corrected chi connectivity index (χ4v) is 4.58. The molecule has 0 aliphatic carbocycles. The molecule has 9 nitrogen and oxygen atoms in total. The second-order valence-electron chi connectivity index (χ2n) is 8.83. The van der Waals surface area contributed by atoms with E-state index in [-0.39, 0.29) is 23.7 Å². The van der Waals surface area contributed by atoms with Gasteiger partial charge in [-0.25, -0.2) is 9.48 Å². The highest BCUT2D eigenvalue weighted by Crippen LogP contribution is 2.29. The molecule has 3 heterocycles. The molecule has 0 radical (unpaired) electrons. The smallest absolute Gasteiger partial charge is 0.360 e. The van der Waals surface area contributed by atoms with Crippen LogP contribution >= 0.6 is 0 Å². The number of likely N-dealkylation sites (tertiary alicyclic amines) is 1. The number of nitrogens with one attached hydrogen (secondary N) is 1. The molecular formula is C25H32N6O3. The summed E-state index contributed by atoms with van der Waals surface area (Å²) in [7, 11) is 1.32. The number of esters is 1. The lowest BCUT2D eigenvalue weighted by Gasteiger charge is -2.27. The van der Waals surface area contributed by atoms with Crippen LogP contribution < -0.4 is 5.32 Å². The minimum atomic E-state index is -0.518.